The van der Waals surface area contributed by atoms with Gasteiger partial charge in [0, 0.05) is 13.1 Å². The molecule has 0 aromatic heterocycles. The first-order valence-corrected chi connectivity index (χ1v) is 16.6. The van der Waals surface area contributed by atoms with Gasteiger partial charge in [-0.1, -0.05) is 120 Å². The number of alkyl carbamates (subject to hydrolysis) is 2. The fourth-order valence-corrected chi connectivity index (χ4v) is 5.37. The summed E-state index contributed by atoms with van der Waals surface area (Å²) in [6.07, 6.45) is -2.44. The van der Waals surface area contributed by atoms with Crippen molar-refractivity contribution in [1.29, 1.82) is 0 Å². The number of carbonyl (C=O) groups is 4. The number of amides is 4. The summed E-state index contributed by atoms with van der Waals surface area (Å²) in [7, 11) is 2.44. The quantitative estimate of drug-likeness (QED) is 0.147. The highest BCUT2D eigenvalue weighted by Gasteiger charge is 2.35. The number of hydrogen-bond donors (Lipinski definition) is 5. The summed E-state index contributed by atoms with van der Waals surface area (Å²) in [5.74, 6) is -1.29. The molecule has 0 aliphatic heterocycles. The molecule has 5 N–H and O–H groups in total. The third kappa shape index (κ3) is 12.2. The Labute approximate surface area is 294 Å². The number of nitrogens with one attached hydrogen (secondary N) is 4. The highest BCUT2D eigenvalue weighted by atomic mass is 16.5. The first-order valence-electron chi connectivity index (χ1n) is 16.6. The van der Waals surface area contributed by atoms with Gasteiger partial charge in [-0.2, -0.15) is 0 Å². The molecular formula is C38H51N5O7. The van der Waals surface area contributed by atoms with Gasteiger partial charge in [-0.05, 0) is 40.0 Å². The second-order valence-electron chi connectivity index (χ2n) is 13.6. The third-order valence-corrected chi connectivity index (χ3v) is 8.18. The maximum atomic E-state index is 13.8. The number of aliphatic hydroxyl groups is 1. The zero-order chi connectivity index (χ0) is 36.8. The molecule has 12 nitrogen and oxygen atoms in total. The Morgan fingerprint density at radius 2 is 1.26 bits per heavy atom. The van der Waals surface area contributed by atoms with Gasteiger partial charge >= 0.3 is 12.2 Å². The van der Waals surface area contributed by atoms with Gasteiger partial charge in [0.15, 0.2) is 0 Å². The first kappa shape index (κ1) is 39.5. The van der Waals surface area contributed by atoms with Crippen molar-refractivity contribution in [3.8, 4) is 11.1 Å². The van der Waals surface area contributed by atoms with E-state index in [1.807, 2.05) is 106 Å². The standard InChI is InChI=1S/C38H51N5O7/c1-25(2)32(40-36(47)49-6)34(45)39-30(22-26-14-10-8-11-15-26)31(44)24-43(42-35(46)33(38(3,4)5)41-37(48)50-7)23-27-18-20-29(21-19-27)28-16-12-9-13-17-28/h8-21,25,30-33,44H,22-24H2,1-7H3,(H,39,45)(H,40,47)(H,41,48)(H,42,46)/t30?,31-,32-,33+/m0/s1. The number of aliphatic hydroxyl groups excluding tert-OH is 1. The Morgan fingerprint density at radius 1 is 0.720 bits per heavy atom. The highest BCUT2D eigenvalue weighted by Crippen LogP contribution is 2.22. The zero-order valence-corrected chi connectivity index (χ0v) is 29.9. The number of methoxy groups -OCH3 is 2. The number of carbonyl (C=O) groups excluding carboxylic acids is 4. The van der Waals surface area contributed by atoms with E-state index in [2.05, 4.69) is 21.4 Å². The van der Waals surface area contributed by atoms with Crippen molar-refractivity contribution in [2.75, 3.05) is 20.8 Å². The minimum atomic E-state index is -1.20. The minimum absolute atomic E-state index is 0.101. The Hall–Kier alpha value is -4.94. The van der Waals surface area contributed by atoms with E-state index in [0.717, 1.165) is 22.3 Å². The average Bonchev–Trinajstić information content (AvgIpc) is 3.09. The van der Waals surface area contributed by atoms with Crippen LogP contribution in [-0.2, 0) is 32.0 Å². The maximum absolute atomic E-state index is 13.8. The van der Waals surface area contributed by atoms with Gasteiger partial charge in [-0.15, -0.1) is 0 Å². The van der Waals surface area contributed by atoms with Crippen LogP contribution in [0.15, 0.2) is 84.9 Å². The number of hydrazine groups is 1. The summed E-state index contributed by atoms with van der Waals surface area (Å²) in [5.41, 5.74) is 5.99. The molecule has 12 heteroatoms. The lowest BCUT2D eigenvalue weighted by Gasteiger charge is -2.35. The van der Waals surface area contributed by atoms with Crippen LogP contribution in [0, 0.1) is 11.3 Å². The minimum Gasteiger partial charge on any atom is -0.453 e. The lowest BCUT2D eigenvalue weighted by atomic mass is 9.86. The molecule has 0 radical (unpaired) electrons. The summed E-state index contributed by atoms with van der Waals surface area (Å²) >= 11 is 0. The molecule has 50 heavy (non-hydrogen) atoms. The van der Waals surface area contributed by atoms with E-state index in [4.69, 9.17) is 9.47 Å². The van der Waals surface area contributed by atoms with Gasteiger partial charge in [0.2, 0.25) is 5.91 Å². The Morgan fingerprint density at radius 3 is 1.80 bits per heavy atom. The number of hydrogen-bond acceptors (Lipinski definition) is 8. The largest absolute Gasteiger partial charge is 0.453 e. The molecule has 0 saturated heterocycles. The van der Waals surface area contributed by atoms with Gasteiger partial charge in [0.05, 0.1) is 26.4 Å². The van der Waals surface area contributed by atoms with E-state index < -0.39 is 53.6 Å². The molecule has 3 aromatic rings. The van der Waals surface area contributed by atoms with Gasteiger partial charge in [-0.3, -0.25) is 15.0 Å². The number of ether oxygens (including phenoxy) is 2. The molecule has 4 amide bonds. The number of benzene rings is 3. The summed E-state index contributed by atoms with van der Waals surface area (Å²) in [5, 5.41) is 21.5. The molecular weight excluding hydrogens is 638 g/mol. The zero-order valence-electron chi connectivity index (χ0n) is 29.9. The summed E-state index contributed by atoms with van der Waals surface area (Å²) in [4.78, 5) is 51.5. The SMILES string of the molecule is COC(=O)N[C@H](C(=O)NC(Cc1ccccc1)[C@@H](O)CN(Cc1ccc(-c2ccccc2)cc1)NC(=O)[C@@H](NC(=O)OC)C(C)(C)C)C(C)C. The van der Waals surface area contributed by atoms with E-state index in [1.165, 1.54) is 14.2 Å². The van der Waals surface area contributed by atoms with Crippen LogP contribution < -0.4 is 21.4 Å². The fraction of sp³-hybridized carbons (Fsp3) is 0.421. The molecule has 0 saturated carbocycles. The maximum Gasteiger partial charge on any atom is 0.407 e. The van der Waals surface area contributed by atoms with Crippen LogP contribution in [0.2, 0.25) is 0 Å². The number of rotatable bonds is 15. The summed E-state index contributed by atoms with van der Waals surface area (Å²) in [6.45, 7) is 9.11. The molecule has 270 valence electrons. The molecule has 3 rings (SSSR count). The molecule has 0 aliphatic rings. The summed E-state index contributed by atoms with van der Waals surface area (Å²) in [6, 6.07) is 24.4. The van der Waals surface area contributed by atoms with Crippen LogP contribution in [0.3, 0.4) is 0 Å². The molecule has 0 fully saturated rings. The van der Waals surface area contributed by atoms with Gasteiger partial charge in [0.1, 0.15) is 12.1 Å². The predicted octanol–water partition coefficient (Wildman–Crippen LogP) is 4.43. The van der Waals surface area contributed by atoms with E-state index in [0.29, 0.717) is 0 Å². The van der Waals surface area contributed by atoms with Crippen molar-refractivity contribution in [2.24, 2.45) is 11.3 Å². The van der Waals surface area contributed by atoms with Crippen LogP contribution in [0.1, 0.15) is 45.7 Å². The predicted molar refractivity (Wildman–Crippen MR) is 191 cm³/mol. The molecule has 0 bridgehead atoms. The number of nitrogens with zero attached hydrogens (tertiary/aromatic N) is 1. The fourth-order valence-electron chi connectivity index (χ4n) is 5.37. The Bertz CT molecular complexity index is 1530. The molecule has 0 heterocycles. The van der Waals surface area contributed by atoms with Gasteiger partial charge in [-0.25, -0.2) is 14.6 Å². The molecule has 4 atom stereocenters. The van der Waals surface area contributed by atoms with E-state index >= 15 is 0 Å². The van der Waals surface area contributed by atoms with E-state index in [9.17, 15) is 24.3 Å². The van der Waals surface area contributed by atoms with E-state index in [-0.39, 0.29) is 25.4 Å². The monoisotopic (exact) mass is 689 g/mol. The van der Waals surface area contributed by atoms with Crippen molar-refractivity contribution in [2.45, 2.75) is 71.8 Å². The lowest BCUT2D eigenvalue weighted by molar-refractivity contribution is -0.132. The summed E-state index contributed by atoms with van der Waals surface area (Å²) < 4.78 is 9.49. The van der Waals surface area contributed by atoms with Crippen molar-refractivity contribution in [3.63, 3.8) is 0 Å². The Balaban J connectivity index is 1.93. The van der Waals surface area contributed by atoms with Crippen molar-refractivity contribution >= 4 is 24.0 Å². The highest BCUT2D eigenvalue weighted by molar-refractivity contribution is 5.86. The van der Waals surface area contributed by atoms with Gasteiger partial charge < -0.3 is 30.5 Å². The third-order valence-electron chi connectivity index (χ3n) is 8.18. The van der Waals surface area contributed by atoms with Crippen molar-refractivity contribution in [1.82, 2.24) is 26.4 Å². The second-order valence-corrected chi connectivity index (χ2v) is 13.6. The van der Waals surface area contributed by atoms with Crippen LogP contribution in [0.25, 0.3) is 11.1 Å². The van der Waals surface area contributed by atoms with Crippen LogP contribution in [0.5, 0.6) is 0 Å². The van der Waals surface area contributed by atoms with Gasteiger partial charge in [0.25, 0.3) is 5.91 Å². The molecule has 0 aliphatic carbocycles. The van der Waals surface area contributed by atoms with E-state index in [1.54, 1.807) is 18.9 Å². The Kier molecular flexibility index (Phi) is 14.8. The first-order chi connectivity index (χ1) is 23.7. The molecule has 3 aromatic carbocycles. The average molecular weight is 690 g/mol. The van der Waals surface area contributed by atoms with Crippen LogP contribution in [-0.4, -0.2) is 79.1 Å². The molecule has 0 spiro atoms. The van der Waals surface area contributed by atoms with Crippen molar-refractivity contribution < 1.29 is 33.8 Å². The smallest absolute Gasteiger partial charge is 0.407 e. The molecule has 1 unspecified atom stereocenters. The van der Waals surface area contributed by atoms with Crippen molar-refractivity contribution in [3.05, 3.63) is 96.1 Å². The second kappa shape index (κ2) is 18.7. The topological polar surface area (TPSA) is 158 Å². The normalized spacial score (nSPS) is 13.8. The lowest BCUT2D eigenvalue weighted by Crippen LogP contribution is -2.60. The van der Waals surface area contributed by atoms with Crippen LogP contribution in [0.4, 0.5) is 9.59 Å². The van der Waals surface area contributed by atoms with Crippen LogP contribution >= 0.6 is 0 Å².